The van der Waals surface area contributed by atoms with Crippen LogP contribution < -0.4 is 10.2 Å². The highest BCUT2D eigenvalue weighted by Gasteiger charge is 2.11. The summed E-state index contributed by atoms with van der Waals surface area (Å²) in [6, 6.07) is 4.25. The molecule has 0 N–H and O–H groups in total. The van der Waals surface area contributed by atoms with Crippen molar-refractivity contribution in [1.29, 1.82) is 0 Å². The molecule has 0 aromatic carbocycles. The number of carbonyl (C=O) groups is 1. The Morgan fingerprint density at radius 1 is 1.39 bits per heavy atom. The van der Waals surface area contributed by atoms with Gasteiger partial charge in [0.15, 0.2) is 0 Å². The van der Waals surface area contributed by atoms with E-state index in [4.69, 9.17) is 18.3 Å². The zero-order chi connectivity index (χ0) is 13.0. The van der Waals surface area contributed by atoms with Crippen molar-refractivity contribution >= 4 is 5.97 Å². The largest absolute Gasteiger partial charge is 0.490 e. The van der Waals surface area contributed by atoms with Crippen LogP contribution in [-0.4, -0.2) is 13.1 Å². The first-order chi connectivity index (χ1) is 8.70. The van der Waals surface area contributed by atoms with Crippen molar-refractivity contribution in [3.63, 3.8) is 0 Å². The highest BCUT2D eigenvalue weighted by molar-refractivity contribution is 5.86. The lowest BCUT2D eigenvalue weighted by Crippen LogP contribution is -2.08. The lowest BCUT2D eigenvalue weighted by atomic mass is 10.4. The van der Waals surface area contributed by atoms with Gasteiger partial charge in [0.2, 0.25) is 16.9 Å². The van der Waals surface area contributed by atoms with E-state index in [9.17, 15) is 9.59 Å². The van der Waals surface area contributed by atoms with E-state index in [1.165, 1.54) is 31.8 Å². The molecule has 0 radical (unpaired) electrons. The first kappa shape index (κ1) is 12.0. The highest BCUT2D eigenvalue weighted by atomic mass is 16.6. The third kappa shape index (κ3) is 2.60. The molecule has 6 heteroatoms. The van der Waals surface area contributed by atoms with Gasteiger partial charge in [-0.1, -0.05) is 0 Å². The number of carbonyl (C=O) groups excluding carboxylic acids is 1. The molecule has 18 heavy (non-hydrogen) atoms. The number of methoxy groups -OCH3 is 1. The third-order valence-corrected chi connectivity index (χ3v) is 2.14. The van der Waals surface area contributed by atoms with Crippen LogP contribution in [0.5, 0.6) is 5.75 Å². The monoisotopic (exact) mass is 250 g/mol. The Morgan fingerprint density at radius 3 is 2.83 bits per heavy atom. The van der Waals surface area contributed by atoms with Crippen molar-refractivity contribution < 1.29 is 23.1 Å². The second-order valence-corrected chi connectivity index (χ2v) is 3.33. The Labute approximate surface area is 102 Å². The van der Waals surface area contributed by atoms with E-state index in [1.54, 1.807) is 6.07 Å². The summed E-state index contributed by atoms with van der Waals surface area (Å²) >= 11 is 0. The minimum atomic E-state index is -0.626. The molecule has 0 amide bonds. The molecule has 0 aliphatic carbocycles. The van der Waals surface area contributed by atoms with E-state index in [0.717, 1.165) is 0 Å². The van der Waals surface area contributed by atoms with Crippen molar-refractivity contribution in [1.82, 2.24) is 0 Å². The zero-order valence-electron chi connectivity index (χ0n) is 9.54. The number of hydrogen-bond acceptors (Lipinski definition) is 6. The van der Waals surface area contributed by atoms with Gasteiger partial charge in [0, 0.05) is 6.07 Å². The Bertz CT molecular complexity index is 581. The van der Waals surface area contributed by atoms with E-state index in [1.807, 2.05) is 0 Å². The molecule has 2 heterocycles. The Morgan fingerprint density at radius 2 is 2.22 bits per heavy atom. The molecule has 0 aliphatic rings. The first-order valence-corrected chi connectivity index (χ1v) is 5.07. The number of ether oxygens (including phenoxy) is 2. The quantitative estimate of drug-likeness (QED) is 0.767. The topological polar surface area (TPSA) is 78.9 Å². The van der Waals surface area contributed by atoms with Crippen LogP contribution in [0, 0.1) is 0 Å². The molecule has 0 unspecified atom stereocenters. The predicted molar refractivity (Wildman–Crippen MR) is 59.4 cm³/mol. The molecule has 0 atom stereocenters. The van der Waals surface area contributed by atoms with Crippen molar-refractivity contribution in [3.8, 4) is 5.75 Å². The van der Waals surface area contributed by atoms with Crippen molar-refractivity contribution in [2.75, 3.05) is 7.11 Å². The second kappa shape index (κ2) is 5.22. The molecular formula is C12H10O6. The van der Waals surface area contributed by atoms with E-state index in [0.29, 0.717) is 0 Å². The molecular weight excluding hydrogens is 240 g/mol. The normalized spacial score (nSPS) is 10.1. The van der Waals surface area contributed by atoms with Gasteiger partial charge in [-0.2, -0.15) is 0 Å². The van der Waals surface area contributed by atoms with Crippen molar-refractivity contribution in [2.24, 2.45) is 0 Å². The molecule has 2 rings (SSSR count). The highest BCUT2D eigenvalue weighted by Crippen LogP contribution is 2.08. The second-order valence-electron chi connectivity index (χ2n) is 3.33. The lowest BCUT2D eigenvalue weighted by molar-refractivity contribution is 0.0406. The fraction of sp³-hybridized carbons (Fsp3) is 0.167. The Kier molecular flexibility index (Phi) is 3.47. The molecule has 94 valence electrons. The minimum absolute atomic E-state index is 0.0888. The van der Waals surface area contributed by atoms with E-state index < -0.39 is 5.97 Å². The van der Waals surface area contributed by atoms with Gasteiger partial charge >= 0.3 is 5.97 Å². The number of esters is 1. The summed E-state index contributed by atoms with van der Waals surface area (Å²) in [5.74, 6) is -0.221. The number of hydrogen-bond donors (Lipinski definition) is 0. The van der Waals surface area contributed by atoms with Crippen LogP contribution in [0.3, 0.4) is 0 Å². The van der Waals surface area contributed by atoms with E-state index >= 15 is 0 Å². The molecule has 0 saturated heterocycles. The van der Waals surface area contributed by atoms with Gasteiger partial charge in [-0.25, -0.2) is 4.79 Å². The SMILES string of the molecule is COc1coc(COC(=O)c2ccco2)cc1=O. The van der Waals surface area contributed by atoms with Crippen LogP contribution in [0.4, 0.5) is 0 Å². The van der Waals surface area contributed by atoms with Crippen LogP contribution in [0.2, 0.25) is 0 Å². The molecule has 0 saturated carbocycles. The summed E-state index contributed by atoms with van der Waals surface area (Å²) in [5.41, 5.74) is -0.340. The molecule has 6 nitrogen and oxygen atoms in total. The molecule has 0 bridgehead atoms. The average molecular weight is 250 g/mol. The molecule has 2 aromatic rings. The van der Waals surface area contributed by atoms with Gasteiger partial charge < -0.3 is 18.3 Å². The van der Waals surface area contributed by atoms with Crippen molar-refractivity contribution in [3.05, 3.63) is 52.5 Å². The third-order valence-electron chi connectivity index (χ3n) is 2.14. The summed E-state index contributed by atoms with van der Waals surface area (Å²) in [5, 5.41) is 0. The van der Waals surface area contributed by atoms with Crippen LogP contribution in [0.15, 0.2) is 44.4 Å². The van der Waals surface area contributed by atoms with E-state index in [2.05, 4.69) is 0 Å². The predicted octanol–water partition coefficient (Wildman–Crippen LogP) is 1.60. The van der Waals surface area contributed by atoms with Gasteiger partial charge in [-0.15, -0.1) is 0 Å². The summed E-state index contributed by atoms with van der Waals surface area (Å²) < 4.78 is 19.6. The lowest BCUT2D eigenvalue weighted by Gasteiger charge is -2.03. The smallest absolute Gasteiger partial charge is 0.374 e. The maximum atomic E-state index is 11.4. The van der Waals surface area contributed by atoms with Gasteiger partial charge in [-0.3, -0.25) is 4.79 Å². The van der Waals surface area contributed by atoms with Gasteiger partial charge in [-0.05, 0) is 12.1 Å². The number of rotatable bonds is 4. The molecule has 0 fully saturated rings. The summed E-state index contributed by atoms with van der Waals surface area (Å²) in [6.45, 7) is -0.154. The first-order valence-electron chi connectivity index (χ1n) is 5.07. The molecule has 2 aromatic heterocycles. The Balaban J connectivity index is 2.00. The van der Waals surface area contributed by atoms with Gasteiger partial charge in [0.05, 0.1) is 13.4 Å². The maximum Gasteiger partial charge on any atom is 0.374 e. The van der Waals surface area contributed by atoms with Gasteiger partial charge in [0.25, 0.3) is 0 Å². The summed E-state index contributed by atoms with van der Waals surface area (Å²) in [4.78, 5) is 22.8. The Hall–Kier alpha value is -2.50. The zero-order valence-corrected chi connectivity index (χ0v) is 9.54. The maximum absolute atomic E-state index is 11.4. The molecule has 0 aliphatic heterocycles. The fourth-order valence-electron chi connectivity index (χ4n) is 1.27. The summed E-state index contributed by atoms with van der Waals surface area (Å²) in [7, 11) is 1.36. The van der Waals surface area contributed by atoms with Crippen LogP contribution in [-0.2, 0) is 11.3 Å². The van der Waals surface area contributed by atoms with Crippen LogP contribution >= 0.6 is 0 Å². The van der Waals surface area contributed by atoms with Crippen molar-refractivity contribution in [2.45, 2.75) is 6.61 Å². The fourth-order valence-corrected chi connectivity index (χ4v) is 1.27. The van der Waals surface area contributed by atoms with Gasteiger partial charge in [0.1, 0.15) is 18.6 Å². The molecule has 0 spiro atoms. The minimum Gasteiger partial charge on any atom is -0.490 e. The summed E-state index contributed by atoms with van der Waals surface area (Å²) in [6.07, 6.45) is 2.53. The van der Waals surface area contributed by atoms with Crippen LogP contribution in [0.25, 0.3) is 0 Å². The van der Waals surface area contributed by atoms with E-state index in [-0.39, 0.29) is 29.3 Å². The standard InChI is InChI=1S/C12H10O6/c1-15-11-7-17-8(5-9(11)13)6-18-12(14)10-3-2-4-16-10/h2-5,7H,6H2,1H3. The van der Waals surface area contributed by atoms with Crippen LogP contribution in [0.1, 0.15) is 16.3 Å². The average Bonchev–Trinajstić information content (AvgIpc) is 2.90. The number of furan rings is 1.